The molecule has 0 radical (unpaired) electrons. The van der Waals surface area contributed by atoms with E-state index < -0.39 is 0 Å². The summed E-state index contributed by atoms with van der Waals surface area (Å²) < 4.78 is 1.67. The maximum Gasteiger partial charge on any atom is 0.244 e. The molecule has 1 heterocycles. The Morgan fingerprint density at radius 1 is 0.818 bits per heavy atom. The van der Waals surface area contributed by atoms with Crippen LogP contribution in [-0.4, -0.2) is 16.3 Å². The van der Waals surface area contributed by atoms with Crippen LogP contribution in [0.4, 0.5) is 5.69 Å². The number of benzene rings is 3. The summed E-state index contributed by atoms with van der Waals surface area (Å²) in [5.41, 5.74) is 5.65. The fourth-order valence-corrected chi connectivity index (χ4v) is 3.84. The Balaban J connectivity index is 1.75. The zero-order valence-corrected chi connectivity index (χ0v) is 19.2. The number of nitrogens with zero attached hydrogens (tertiary/aromatic N) is 1. The van der Waals surface area contributed by atoms with Crippen molar-refractivity contribution in [3.8, 4) is 0 Å². The molecule has 0 aliphatic carbocycles. The van der Waals surface area contributed by atoms with Crippen LogP contribution in [0.3, 0.4) is 0 Å². The van der Waals surface area contributed by atoms with E-state index in [-0.39, 0.29) is 29.2 Å². The number of hydrogen-bond donors (Lipinski definition) is 1. The number of ketones is 1. The highest BCUT2D eigenvalue weighted by Gasteiger charge is 2.18. The quantitative estimate of drug-likeness (QED) is 0.441. The molecule has 1 N–H and O–H groups in total. The molecule has 0 spiro atoms. The van der Waals surface area contributed by atoms with Gasteiger partial charge < -0.3 is 9.88 Å². The topological polar surface area (TPSA) is 68.2 Å². The van der Waals surface area contributed by atoms with Gasteiger partial charge >= 0.3 is 0 Å². The second-order valence-electron chi connectivity index (χ2n) is 8.56. The Morgan fingerprint density at radius 3 is 2.21 bits per heavy atom. The lowest BCUT2D eigenvalue weighted by Crippen LogP contribution is -2.24. The van der Waals surface area contributed by atoms with Crippen LogP contribution in [0.1, 0.15) is 38.2 Å². The molecular weight excluding hydrogens is 412 g/mol. The first-order valence-corrected chi connectivity index (χ1v) is 10.9. The van der Waals surface area contributed by atoms with Crippen molar-refractivity contribution in [3.63, 3.8) is 0 Å². The summed E-state index contributed by atoms with van der Waals surface area (Å²) in [6.07, 6.45) is 1.50. The maximum absolute atomic E-state index is 13.2. The van der Waals surface area contributed by atoms with Crippen molar-refractivity contribution in [3.05, 3.63) is 110 Å². The molecule has 0 aliphatic rings. The number of carbonyl (C=O) groups excluding carboxylic acids is 2. The fourth-order valence-electron chi connectivity index (χ4n) is 3.84. The molecule has 166 valence electrons. The van der Waals surface area contributed by atoms with E-state index in [9.17, 15) is 14.4 Å². The van der Waals surface area contributed by atoms with Gasteiger partial charge in [-0.05, 0) is 63.1 Å². The lowest BCUT2D eigenvalue weighted by atomic mass is 10.0. The van der Waals surface area contributed by atoms with Gasteiger partial charge in [0.1, 0.15) is 6.54 Å². The fraction of sp³-hybridized carbons (Fsp3) is 0.179. The molecule has 1 aromatic heterocycles. The van der Waals surface area contributed by atoms with Gasteiger partial charge in [0.15, 0.2) is 5.78 Å². The normalized spacial score (nSPS) is 10.9. The summed E-state index contributed by atoms with van der Waals surface area (Å²) in [5.74, 6) is -0.593. The van der Waals surface area contributed by atoms with Crippen LogP contribution >= 0.6 is 0 Å². The highest BCUT2D eigenvalue weighted by atomic mass is 16.2. The summed E-state index contributed by atoms with van der Waals surface area (Å²) in [6.45, 7) is 7.81. The number of aryl methyl sites for hydroxylation is 4. The van der Waals surface area contributed by atoms with Crippen LogP contribution < -0.4 is 10.7 Å². The monoisotopic (exact) mass is 438 g/mol. The van der Waals surface area contributed by atoms with Crippen molar-refractivity contribution in [1.29, 1.82) is 0 Å². The number of fused-ring (bicyclic) bond motifs is 1. The summed E-state index contributed by atoms with van der Waals surface area (Å²) in [7, 11) is 0. The molecule has 5 heteroatoms. The molecule has 1 amide bonds. The van der Waals surface area contributed by atoms with Crippen molar-refractivity contribution in [2.75, 3.05) is 5.32 Å². The van der Waals surface area contributed by atoms with E-state index in [0.717, 1.165) is 22.3 Å². The van der Waals surface area contributed by atoms with Crippen molar-refractivity contribution < 1.29 is 9.59 Å². The third-order valence-electron chi connectivity index (χ3n) is 5.90. The Hall–Kier alpha value is -3.99. The average molecular weight is 439 g/mol. The number of anilines is 1. The number of pyridine rings is 1. The van der Waals surface area contributed by atoms with Crippen LogP contribution in [0.5, 0.6) is 0 Å². The molecule has 0 aliphatic heterocycles. The minimum atomic E-state index is -0.355. The molecule has 0 saturated carbocycles. The molecule has 0 unspecified atom stereocenters. The lowest BCUT2D eigenvalue weighted by molar-refractivity contribution is -0.116. The molecule has 0 atom stereocenters. The Bertz CT molecular complexity index is 1450. The van der Waals surface area contributed by atoms with Gasteiger partial charge in [-0.25, -0.2) is 0 Å². The van der Waals surface area contributed by atoms with E-state index >= 15 is 0 Å². The summed E-state index contributed by atoms with van der Waals surface area (Å²) in [4.78, 5) is 39.3. The zero-order valence-electron chi connectivity index (χ0n) is 19.2. The predicted molar refractivity (Wildman–Crippen MR) is 132 cm³/mol. The molecule has 0 fully saturated rings. The van der Waals surface area contributed by atoms with E-state index in [0.29, 0.717) is 22.2 Å². The van der Waals surface area contributed by atoms with Gasteiger partial charge in [-0.1, -0.05) is 47.5 Å². The van der Waals surface area contributed by atoms with Crippen molar-refractivity contribution in [2.24, 2.45) is 0 Å². The van der Waals surface area contributed by atoms with Crippen molar-refractivity contribution in [1.82, 2.24) is 4.57 Å². The number of amides is 1. The molecular formula is C28H26N2O3. The van der Waals surface area contributed by atoms with Crippen LogP contribution in [0.25, 0.3) is 10.9 Å². The minimum absolute atomic E-state index is 0.0268. The standard InChI is InChI=1S/C28H26N2O3/c1-17-5-9-21(10-6-17)27(32)24-15-30(25-12-7-18(2)13-23(25)28(24)33)16-26(31)29-22-11-8-19(3)20(4)14-22/h5-15H,16H2,1-4H3,(H,29,31). The molecule has 4 rings (SSSR count). The lowest BCUT2D eigenvalue weighted by Gasteiger charge is -2.14. The second-order valence-corrected chi connectivity index (χ2v) is 8.56. The molecule has 0 saturated heterocycles. The third-order valence-corrected chi connectivity index (χ3v) is 5.90. The van der Waals surface area contributed by atoms with E-state index in [1.807, 2.05) is 70.2 Å². The van der Waals surface area contributed by atoms with E-state index in [1.54, 1.807) is 22.8 Å². The summed E-state index contributed by atoms with van der Waals surface area (Å²) in [5, 5.41) is 3.34. The van der Waals surface area contributed by atoms with Gasteiger partial charge in [0.2, 0.25) is 11.3 Å². The summed E-state index contributed by atoms with van der Waals surface area (Å²) in [6, 6.07) is 18.3. The average Bonchev–Trinajstić information content (AvgIpc) is 2.78. The smallest absolute Gasteiger partial charge is 0.244 e. The largest absolute Gasteiger partial charge is 0.337 e. The predicted octanol–water partition coefficient (Wildman–Crippen LogP) is 5.10. The SMILES string of the molecule is Cc1ccc(C(=O)c2cn(CC(=O)Nc3ccc(C)c(C)c3)c3ccc(C)cc3c2=O)cc1. The van der Waals surface area contributed by atoms with Crippen LogP contribution in [0.2, 0.25) is 0 Å². The number of aromatic nitrogens is 1. The van der Waals surface area contributed by atoms with Gasteiger partial charge in [-0.3, -0.25) is 14.4 Å². The zero-order chi connectivity index (χ0) is 23.7. The van der Waals surface area contributed by atoms with E-state index in [2.05, 4.69) is 5.32 Å². The van der Waals surface area contributed by atoms with Gasteiger partial charge in [-0.15, -0.1) is 0 Å². The number of rotatable bonds is 5. The minimum Gasteiger partial charge on any atom is -0.337 e. The van der Waals surface area contributed by atoms with Gasteiger partial charge in [0, 0.05) is 22.8 Å². The van der Waals surface area contributed by atoms with E-state index in [1.165, 1.54) is 6.20 Å². The first-order valence-electron chi connectivity index (χ1n) is 10.9. The van der Waals surface area contributed by atoms with Gasteiger partial charge in [0.05, 0.1) is 11.1 Å². The highest BCUT2D eigenvalue weighted by Crippen LogP contribution is 2.18. The number of carbonyl (C=O) groups is 2. The van der Waals surface area contributed by atoms with Crippen molar-refractivity contribution in [2.45, 2.75) is 34.2 Å². The van der Waals surface area contributed by atoms with Gasteiger partial charge in [-0.2, -0.15) is 0 Å². The first kappa shape index (κ1) is 22.2. The van der Waals surface area contributed by atoms with E-state index in [4.69, 9.17) is 0 Å². The molecule has 5 nitrogen and oxygen atoms in total. The Morgan fingerprint density at radius 2 is 1.52 bits per heavy atom. The highest BCUT2D eigenvalue weighted by molar-refractivity contribution is 6.10. The molecule has 3 aromatic carbocycles. The first-order chi connectivity index (χ1) is 15.7. The van der Waals surface area contributed by atoms with Crippen LogP contribution in [0, 0.1) is 27.7 Å². The Kier molecular flexibility index (Phi) is 5.97. The second kappa shape index (κ2) is 8.87. The van der Waals surface area contributed by atoms with Crippen LogP contribution in [-0.2, 0) is 11.3 Å². The molecule has 4 aromatic rings. The summed E-state index contributed by atoms with van der Waals surface area (Å²) >= 11 is 0. The van der Waals surface area contributed by atoms with Crippen LogP contribution in [0.15, 0.2) is 71.7 Å². The third kappa shape index (κ3) is 4.62. The maximum atomic E-state index is 13.2. The van der Waals surface area contributed by atoms with Crippen molar-refractivity contribution >= 4 is 28.3 Å². The Labute approximate surface area is 192 Å². The molecule has 33 heavy (non-hydrogen) atoms. The van der Waals surface area contributed by atoms with Gasteiger partial charge in [0.25, 0.3) is 0 Å². The number of hydrogen-bond acceptors (Lipinski definition) is 3. The number of nitrogens with one attached hydrogen (secondary N) is 1. The molecule has 0 bridgehead atoms.